The molecule has 0 bridgehead atoms. The first kappa shape index (κ1) is 34.7. The molecule has 0 radical (unpaired) electrons. The number of esters is 3. The van der Waals surface area contributed by atoms with Crippen molar-refractivity contribution in [2.45, 2.75) is 41.3 Å². The van der Waals surface area contributed by atoms with E-state index in [1.54, 1.807) is 102 Å². The second-order valence-corrected chi connectivity index (χ2v) is 13.3. The van der Waals surface area contributed by atoms with Gasteiger partial charge in [0.05, 0.1) is 32.2 Å². The van der Waals surface area contributed by atoms with Crippen LogP contribution in [0.2, 0.25) is 5.02 Å². The lowest BCUT2D eigenvalue weighted by Crippen LogP contribution is -2.47. The quantitative estimate of drug-likeness (QED) is 0.0635. The molecular weight excluding hydrogens is 710 g/mol. The molecule has 52 heavy (non-hydrogen) atoms. The van der Waals surface area contributed by atoms with Crippen LogP contribution in [0.4, 0.5) is 17.2 Å². The number of ether oxygens (including phenoxy) is 4. The SMILES string of the molecule is Cc1cc2c(cc1Cl)N([C@@H]1O[C@H](COC(=O)c3ccccc3)[C@@H](OC(=O)c3ccccc3)[C@H]1OC(=O)c1ccccc1)c1ncc([N+](=O)[O-])cc1S2. The smallest absolute Gasteiger partial charge is 0.338 e. The minimum Gasteiger partial charge on any atom is -0.459 e. The van der Waals surface area contributed by atoms with Gasteiger partial charge in [-0.15, -0.1) is 0 Å². The van der Waals surface area contributed by atoms with Crippen LogP contribution in [0.25, 0.3) is 0 Å². The van der Waals surface area contributed by atoms with Crippen LogP contribution in [0, 0.1) is 17.0 Å². The van der Waals surface area contributed by atoms with Crippen molar-refractivity contribution in [3.8, 4) is 0 Å². The van der Waals surface area contributed by atoms with Gasteiger partial charge in [-0.2, -0.15) is 0 Å². The Morgan fingerprint density at radius 1 is 0.827 bits per heavy atom. The van der Waals surface area contributed by atoms with Gasteiger partial charge in [-0.1, -0.05) is 78.0 Å². The number of aromatic nitrogens is 1. The minimum atomic E-state index is -1.36. The van der Waals surface area contributed by atoms with Crippen LogP contribution in [-0.2, 0) is 18.9 Å². The Kier molecular flexibility index (Phi) is 9.90. The third-order valence-electron chi connectivity index (χ3n) is 8.41. The standard InChI is InChI=1S/C38H28ClN3O9S/c1-22-17-30-28(19-27(22)39)41(34-31(52-30)18-26(20-40-34)42(46)47)35-33(51-38(45)25-15-9-4-10-16-25)32(50-37(44)24-13-7-3-8-14-24)29(49-35)21-48-36(43)23-11-5-2-6-12-23/h2-20,29,32-33,35H,21H2,1H3/t29-,32-,33-,35-/m1/s1. The van der Waals surface area contributed by atoms with Crippen LogP contribution in [0.3, 0.4) is 0 Å². The van der Waals surface area contributed by atoms with Crippen LogP contribution in [0.15, 0.2) is 125 Å². The molecule has 7 rings (SSSR count). The van der Waals surface area contributed by atoms with E-state index in [1.807, 2.05) is 13.0 Å². The fourth-order valence-corrected chi connectivity index (χ4v) is 7.17. The lowest BCUT2D eigenvalue weighted by atomic mass is 10.1. The molecule has 0 saturated carbocycles. The molecule has 1 saturated heterocycles. The number of fused-ring (bicyclic) bond motifs is 2. The number of hydrogen-bond acceptors (Lipinski definition) is 12. The Morgan fingerprint density at radius 2 is 1.38 bits per heavy atom. The van der Waals surface area contributed by atoms with Gasteiger partial charge < -0.3 is 18.9 Å². The topological polar surface area (TPSA) is 147 Å². The van der Waals surface area contributed by atoms with Gasteiger partial charge in [0.15, 0.2) is 18.4 Å². The minimum absolute atomic E-state index is 0.218. The number of carbonyl (C=O) groups excluding carboxylic acids is 3. The van der Waals surface area contributed by atoms with Crippen LogP contribution in [-0.4, -0.2) is 59.0 Å². The molecule has 0 amide bonds. The van der Waals surface area contributed by atoms with Gasteiger partial charge >= 0.3 is 17.9 Å². The predicted octanol–water partition coefficient (Wildman–Crippen LogP) is 7.59. The average Bonchev–Trinajstić information content (AvgIpc) is 3.49. The molecule has 14 heteroatoms. The fourth-order valence-electron chi connectivity index (χ4n) is 5.85. The molecule has 262 valence electrons. The summed E-state index contributed by atoms with van der Waals surface area (Å²) in [6.45, 7) is 1.42. The fraction of sp³-hybridized carbons (Fsp3) is 0.158. The summed E-state index contributed by atoms with van der Waals surface area (Å²) in [6, 6.07) is 29.7. The summed E-state index contributed by atoms with van der Waals surface area (Å²) in [5.41, 5.74) is 1.73. The zero-order valence-corrected chi connectivity index (χ0v) is 28.9. The van der Waals surface area contributed by atoms with Crippen molar-refractivity contribution < 1.29 is 38.3 Å². The van der Waals surface area contributed by atoms with Gasteiger partial charge in [-0.3, -0.25) is 15.0 Å². The number of halogens is 1. The van der Waals surface area contributed by atoms with E-state index in [4.69, 9.17) is 30.5 Å². The number of pyridine rings is 1. The molecule has 4 atom stereocenters. The highest BCUT2D eigenvalue weighted by molar-refractivity contribution is 7.99. The number of benzene rings is 4. The summed E-state index contributed by atoms with van der Waals surface area (Å²) < 4.78 is 24.6. The highest BCUT2D eigenvalue weighted by Crippen LogP contribution is 2.52. The van der Waals surface area contributed by atoms with Crippen molar-refractivity contribution in [3.63, 3.8) is 0 Å². The van der Waals surface area contributed by atoms with Gasteiger partial charge in [-0.25, -0.2) is 19.4 Å². The highest BCUT2D eigenvalue weighted by atomic mass is 35.5. The van der Waals surface area contributed by atoms with E-state index in [1.165, 1.54) is 17.8 Å². The second kappa shape index (κ2) is 14.8. The molecule has 0 spiro atoms. The number of aryl methyl sites for hydroxylation is 1. The maximum absolute atomic E-state index is 13.8. The Balaban J connectivity index is 1.34. The van der Waals surface area contributed by atoms with Gasteiger partial charge in [-0.05, 0) is 61.0 Å². The van der Waals surface area contributed by atoms with Gasteiger partial charge in [0.1, 0.15) is 24.7 Å². The molecule has 5 aromatic rings. The molecule has 4 aromatic carbocycles. The van der Waals surface area contributed by atoms with E-state index in [-0.39, 0.29) is 28.2 Å². The first-order valence-electron chi connectivity index (χ1n) is 16.0. The Bertz CT molecular complexity index is 2160. The number of nitrogens with zero attached hydrogens (tertiary/aromatic N) is 3. The largest absolute Gasteiger partial charge is 0.459 e. The monoisotopic (exact) mass is 737 g/mol. The predicted molar refractivity (Wildman–Crippen MR) is 190 cm³/mol. The van der Waals surface area contributed by atoms with Crippen molar-refractivity contribution in [3.05, 3.63) is 153 Å². The zero-order valence-electron chi connectivity index (χ0n) is 27.3. The number of nitro groups is 1. The number of hydrogen-bond donors (Lipinski definition) is 0. The second-order valence-electron chi connectivity index (χ2n) is 11.8. The van der Waals surface area contributed by atoms with Crippen LogP contribution < -0.4 is 4.90 Å². The van der Waals surface area contributed by atoms with Gasteiger partial charge in [0.25, 0.3) is 5.69 Å². The first-order chi connectivity index (χ1) is 25.2. The summed E-state index contributed by atoms with van der Waals surface area (Å²) in [7, 11) is 0. The van der Waals surface area contributed by atoms with E-state index in [2.05, 4.69) is 4.98 Å². The molecule has 1 aromatic heterocycles. The van der Waals surface area contributed by atoms with Crippen molar-refractivity contribution in [2.24, 2.45) is 0 Å². The van der Waals surface area contributed by atoms with Crippen LogP contribution in [0.5, 0.6) is 0 Å². The maximum atomic E-state index is 13.8. The molecule has 0 unspecified atom stereocenters. The molecular formula is C38H28ClN3O9S. The lowest BCUT2D eigenvalue weighted by Gasteiger charge is -2.37. The van der Waals surface area contributed by atoms with Crippen LogP contribution in [0.1, 0.15) is 36.6 Å². The van der Waals surface area contributed by atoms with Crippen LogP contribution >= 0.6 is 23.4 Å². The van der Waals surface area contributed by atoms with E-state index in [0.717, 1.165) is 11.8 Å². The Hall–Kier alpha value is -5.76. The van der Waals surface area contributed by atoms with E-state index < -0.39 is 54.0 Å². The van der Waals surface area contributed by atoms with Gasteiger partial charge in [0, 0.05) is 16.0 Å². The van der Waals surface area contributed by atoms with Crippen molar-refractivity contribution in [2.75, 3.05) is 11.5 Å². The third kappa shape index (κ3) is 7.06. The molecule has 3 heterocycles. The summed E-state index contributed by atoms with van der Waals surface area (Å²) in [5, 5.41) is 12.2. The van der Waals surface area contributed by atoms with Crippen molar-refractivity contribution >= 4 is 58.5 Å². The molecule has 2 aliphatic heterocycles. The van der Waals surface area contributed by atoms with Crippen molar-refractivity contribution in [1.29, 1.82) is 0 Å². The molecule has 12 nitrogen and oxygen atoms in total. The highest BCUT2D eigenvalue weighted by Gasteiger charge is 2.54. The Labute approximate surface area is 306 Å². The molecule has 1 fully saturated rings. The number of rotatable bonds is 9. The molecule has 0 N–H and O–H groups in total. The Morgan fingerprint density at radius 3 is 1.96 bits per heavy atom. The van der Waals surface area contributed by atoms with E-state index in [0.29, 0.717) is 20.5 Å². The molecule has 2 aliphatic rings. The van der Waals surface area contributed by atoms with Crippen molar-refractivity contribution in [1.82, 2.24) is 4.98 Å². The summed E-state index contributed by atoms with van der Waals surface area (Å²) in [4.78, 5) is 58.9. The van der Waals surface area contributed by atoms with E-state index in [9.17, 15) is 24.5 Å². The maximum Gasteiger partial charge on any atom is 0.338 e. The summed E-state index contributed by atoms with van der Waals surface area (Å²) >= 11 is 7.90. The zero-order chi connectivity index (χ0) is 36.4. The van der Waals surface area contributed by atoms with Gasteiger partial charge in [0.2, 0.25) is 0 Å². The lowest BCUT2D eigenvalue weighted by molar-refractivity contribution is -0.385. The average molecular weight is 738 g/mol. The summed E-state index contributed by atoms with van der Waals surface area (Å²) in [6.07, 6.45) is -4.01. The van der Waals surface area contributed by atoms with E-state index >= 15 is 0 Å². The number of carbonyl (C=O) groups is 3. The third-order valence-corrected chi connectivity index (χ3v) is 9.88. The first-order valence-corrected chi connectivity index (χ1v) is 17.2. The molecule has 0 aliphatic carbocycles. The normalized spacial score (nSPS) is 18.8. The summed E-state index contributed by atoms with van der Waals surface area (Å²) in [5.74, 6) is -1.89. The number of anilines is 2.